The maximum absolute atomic E-state index is 12.8. The van der Waals surface area contributed by atoms with Crippen LogP contribution in [-0.4, -0.2) is 34.3 Å². The van der Waals surface area contributed by atoms with Gasteiger partial charge in [0.25, 0.3) is 0 Å². The fraction of sp³-hybridized carbons (Fsp3) is 0.200. The third-order valence-corrected chi connectivity index (χ3v) is 3.42. The largest absolute Gasteiger partial charge is 0.382 e. The molecule has 0 unspecified atom stereocenters. The van der Waals surface area contributed by atoms with Crippen LogP contribution < -0.4 is 0 Å². The number of benzene rings is 1. The van der Waals surface area contributed by atoms with Crippen molar-refractivity contribution in [2.75, 3.05) is 14.1 Å². The van der Waals surface area contributed by atoms with Crippen LogP contribution in [0.4, 0.5) is 0 Å². The summed E-state index contributed by atoms with van der Waals surface area (Å²) < 4.78 is 1.73. The van der Waals surface area contributed by atoms with Gasteiger partial charge in [0.15, 0.2) is 0 Å². The molecule has 110 valence electrons. The fourth-order valence-electron chi connectivity index (χ4n) is 1.92. The molecule has 0 saturated carbocycles. The van der Waals surface area contributed by atoms with Gasteiger partial charge in [0.1, 0.15) is 11.5 Å². The summed E-state index contributed by atoms with van der Waals surface area (Å²) in [5.41, 5.74) is 0.876. The number of aryl methyl sites for hydroxylation is 1. The lowest BCUT2D eigenvalue weighted by Gasteiger charge is -2.14. The smallest absolute Gasteiger partial charge is 0.212 e. The SMILES string of the molecule is Cc1nccn1C(=CN(C)C)C(=O)c1ccc(Cl)cc1Cl. The van der Waals surface area contributed by atoms with Crippen molar-refractivity contribution in [3.63, 3.8) is 0 Å². The maximum atomic E-state index is 12.8. The molecule has 0 saturated heterocycles. The number of carbonyl (C=O) groups excluding carboxylic acids is 1. The van der Waals surface area contributed by atoms with Crippen molar-refractivity contribution in [2.24, 2.45) is 0 Å². The highest BCUT2D eigenvalue weighted by Crippen LogP contribution is 2.25. The summed E-state index contributed by atoms with van der Waals surface area (Å²) >= 11 is 12.0. The van der Waals surface area contributed by atoms with Crippen molar-refractivity contribution < 1.29 is 4.79 Å². The molecule has 6 heteroatoms. The molecular formula is C15H15Cl2N3O. The summed E-state index contributed by atoms with van der Waals surface area (Å²) in [6.07, 6.45) is 5.13. The maximum Gasteiger partial charge on any atom is 0.212 e. The Kier molecular flexibility index (Phi) is 4.70. The Hall–Kier alpha value is -1.78. The number of aromatic nitrogens is 2. The van der Waals surface area contributed by atoms with E-state index in [0.717, 1.165) is 5.82 Å². The molecule has 0 aliphatic carbocycles. The monoisotopic (exact) mass is 323 g/mol. The summed E-state index contributed by atoms with van der Waals surface area (Å²) in [6.45, 7) is 1.83. The van der Waals surface area contributed by atoms with E-state index in [1.807, 2.05) is 21.0 Å². The van der Waals surface area contributed by atoms with Crippen molar-refractivity contribution in [1.82, 2.24) is 14.5 Å². The van der Waals surface area contributed by atoms with E-state index in [-0.39, 0.29) is 5.78 Å². The molecule has 2 aromatic rings. The van der Waals surface area contributed by atoms with E-state index >= 15 is 0 Å². The predicted octanol–water partition coefficient (Wildman–Crippen LogP) is 3.74. The number of hydrogen-bond acceptors (Lipinski definition) is 3. The van der Waals surface area contributed by atoms with Crippen LogP contribution in [0.5, 0.6) is 0 Å². The lowest BCUT2D eigenvalue weighted by atomic mass is 10.1. The van der Waals surface area contributed by atoms with Crippen LogP contribution in [0, 0.1) is 6.92 Å². The van der Waals surface area contributed by atoms with Crippen LogP contribution in [-0.2, 0) is 0 Å². The van der Waals surface area contributed by atoms with Gasteiger partial charge in [-0.05, 0) is 25.1 Å². The van der Waals surface area contributed by atoms with E-state index < -0.39 is 0 Å². The van der Waals surface area contributed by atoms with E-state index in [1.54, 1.807) is 46.3 Å². The number of Topliss-reactive ketones (excluding diaryl/α,β-unsaturated/α-hetero) is 1. The lowest BCUT2D eigenvalue weighted by molar-refractivity contribution is 0.105. The summed E-state index contributed by atoms with van der Waals surface area (Å²) in [6, 6.07) is 4.84. The van der Waals surface area contributed by atoms with Crippen molar-refractivity contribution in [2.45, 2.75) is 6.92 Å². The third kappa shape index (κ3) is 3.46. The van der Waals surface area contributed by atoms with Gasteiger partial charge >= 0.3 is 0 Å². The molecule has 0 fully saturated rings. The quantitative estimate of drug-likeness (QED) is 0.635. The first-order valence-electron chi connectivity index (χ1n) is 6.28. The van der Waals surface area contributed by atoms with Gasteiger partial charge in [-0.15, -0.1) is 0 Å². The second kappa shape index (κ2) is 6.33. The number of rotatable bonds is 4. The van der Waals surface area contributed by atoms with Gasteiger partial charge in [0.2, 0.25) is 5.78 Å². The molecule has 0 spiro atoms. The first kappa shape index (κ1) is 15.6. The molecule has 2 rings (SSSR count). The van der Waals surface area contributed by atoms with Gasteiger partial charge in [0, 0.05) is 43.3 Å². The second-order valence-corrected chi connectivity index (χ2v) is 5.62. The Balaban J connectivity index is 2.52. The molecule has 4 nitrogen and oxygen atoms in total. The Morgan fingerprint density at radius 3 is 2.57 bits per heavy atom. The van der Waals surface area contributed by atoms with Gasteiger partial charge in [-0.25, -0.2) is 4.98 Å². The molecule has 1 aromatic carbocycles. The third-order valence-electron chi connectivity index (χ3n) is 2.87. The number of carbonyl (C=O) groups is 1. The van der Waals surface area contributed by atoms with Crippen LogP contribution in [0.25, 0.3) is 5.70 Å². The highest BCUT2D eigenvalue weighted by Gasteiger charge is 2.19. The summed E-state index contributed by atoms with van der Waals surface area (Å²) in [4.78, 5) is 18.7. The van der Waals surface area contributed by atoms with Gasteiger partial charge in [0.05, 0.1) is 5.02 Å². The topological polar surface area (TPSA) is 38.1 Å². The minimum Gasteiger partial charge on any atom is -0.382 e. The minimum absolute atomic E-state index is 0.188. The Labute approximate surface area is 133 Å². The molecular weight excluding hydrogens is 309 g/mol. The molecule has 1 aromatic heterocycles. The number of allylic oxidation sites excluding steroid dienone is 1. The van der Waals surface area contributed by atoms with Gasteiger partial charge in [-0.1, -0.05) is 23.2 Å². The Morgan fingerprint density at radius 1 is 1.33 bits per heavy atom. The van der Waals surface area contributed by atoms with E-state index in [9.17, 15) is 4.79 Å². The molecule has 0 aliphatic heterocycles. The number of imidazole rings is 1. The number of halogens is 2. The molecule has 0 aliphatic rings. The molecule has 0 N–H and O–H groups in total. The molecule has 0 atom stereocenters. The highest BCUT2D eigenvalue weighted by molar-refractivity contribution is 6.39. The highest BCUT2D eigenvalue weighted by atomic mass is 35.5. The zero-order valence-electron chi connectivity index (χ0n) is 12.0. The van der Waals surface area contributed by atoms with Gasteiger partial charge < -0.3 is 4.90 Å². The molecule has 21 heavy (non-hydrogen) atoms. The average molecular weight is 324 g/mol. The van der Waals surface area contributed by atoms with Crippen LogP contribution in [0.2, 0.25) is 10.0 Å². The predicted molar refractivity (Wildman–Crippen MR) is 85.7 cm³/mol. The number of hydrogen-bond donors (Lipinski definition) is 0. The zero-order valence-corrected chi connectivity index (χ0v) is 13.5. The van der Waals surface area contributed by atoms with Crippen LogP contribution in [0.15, 0.2) is 36.8 Å². The van der Waals surface area contributed by atoms with Crippen molar-refractivity contribution in [1.29, 1.82) is 0 Å². The number of nitrogens with zero attached hydrogens (tertiary/aromatic N) is 3. The van der Waals surface area contributed by atoms with Crippen molar-refractivity contribution in [3.05, 3.63) is 58.2 Å². The van der Waals surface area contributed by atoms with Gasteiger partial charge in [-0.3, -0.25) is 9.36 Å². The van der Waals surface area contributed by atoms with Crippen LogP contribution in [0.3, 0.4) is 0 Å². The second-order valence-electron chi connectivity index (χ2n) is 4.78. The zero-order chi connectivity index (χ0) is 15.6. The normalized spacial score (nSPS) is 11.6. The Bertz CT molecular complexity index is 705. The van der Waals surface area contributed by atoms with Crippen molar-refractivity contribution >= 4 is 34.7 Å². The Morgan fingerprint density at radius 2 is 2.05 bits per heavy atom. The minimum atomic E-state index is -0.188. The summed E-state index contributed by atoms with van der Waals surface area (Å²) in [7, 11) is 3.70. The average Bonchev–Trinajstić information content (AvgIpc) is 2.81. The first-order chi connectivity index (χ1) is 9.90. The molecule has 0 radical (unpaired) electrons. The fourth-order valence-corrected chi connectivity index (χ4v) is 2.41. The lowest BCUT2D eigenvalue weighted by Crippen LogP contribution is -2.15. The van der Waals surface area contributed by atoms with E-state index in [4.69, 9.17) is 23.2 Å². The summed E-state index contributed by atoms with van der Waals surface area (Å²) in [5, 5.41) is 0.823. The first-order valence-corrected chi connectivity index (χ1v) is 7.04. The standard InChI is InChI=1S/C15H15Cl2N3O/c1-10-18-6-7-20(10)14(9-19(2)3)15(21)12-5-4-11(16)8-13(12)17/h4-9H,1-3H3. The van der Waals surface area contributed by atoms with Crippen LogP contribution in [0.1, 0.15) is 16.2 Å². The molecule has 1 heterocycles. The summed E-state index contributed by atoms with van der Waals surface area (Å²) in [5.74, 6) is 0.535. The van der Waals surface area contributed by atoms with Crippen LogP contribution >= 0.6 is 23.2 Å². The number of ketones is 1. The van der Waals surface area contributed by atoms with E-state index in [2.05, 4.69) is 4.98 Å². The molecule has 0 amide bonds. The van der Waals surface area contributed by atoms with E-state index in [1.165, 1.54) is 0 Å². The van der Waals surface area contributed by atoms with Crippen molar-refractivity contribution in [3.8, 4) is 0 Å². The molecule has 0 bridgehead atoms. The van der Waals surface area contributed by atoms with E-state index in [0.29, 0.717) is 21.3 Å². The van der Waals surface area contributed by atoms with Gasteiger partial charge in [-0.2, -0.15) is 0 Å².